The number of carboxylic acids is 1. The van der Waals surface area contributed by atoms with Crippen LogP contribution in [0.3, 0.4) is 0 Å². The fourth-order valence-electron chi connectivity index (χ4n) is 3.85. The van der Waals surface area contributed by atoms with Gasteiger partial charge < -0.3 is 9.67 Å². The molecule has 2 aromatic carbocycles. The van der Waals surface area contributed by atoms with E-state index >= 15 is 0 Å². The van der Waals surface area contributed by atoms with Crippen molar-refractivity contribution >= 4 is 5.97 Å². The number of aliphatic carboxylic acids is 1. The van der Waals surface area contributed by atoms with E-state index in [9.17, 15) is 9.90 Å². The Morgan fingerprint density at radius 2 is 1.39 bits per heavy atom. The second-order valence-electron chi connectivity index (χ2n) is 8.55. The molecule has 3 heteroatoms. The predicted molar refractivity (Wildman–Crippen MR) is 115 cm³/mol. The SMILES string of the molecule is Cc1c(-c2ccccc2)c(-c2ccccc2)c(CCC(=O)O)n1CC(C)(C)C. The third-order valence-electron chi connectivity index (χ3n) is 4.96. The lowest BCUT2D eigenvalue weighted by Gasteiger charge is -2.23. The molecule has 0 atom stereocenters. The normalized spacial score (nSPS) is 11.6. The van der Waals surface area contributed by atoms with Crippen molar-refractivity contribution in [2.24, 2.45) is 5.41 Å². The van der Waals surface area contributed by atoms with Crippen LogP contribution in [0.1, 0.15) is 38.6 Å². The van der Waals surface area contributed by atoms with Gasteiger partial charge in [0.05, 0.1) is 6.42 Å². The molecule has 3 rings (SSSR count). The predicted octanol–water partition coefficient (Wildman–Crippen LogP) is 6.19. The summed E-state index contributed by atoms with van der Waals surface area (Å²) in [4.78, 5) is 11.4. The van der Waals surface area contributed by atoms with Gasteiger partial charge in [0.1, 0.15) is 0 Å². The molecule has 1 heterocycles. The molecular formula is C25H29NO2. The number of benzene rings is 2. The van der Waals surface area contributed by atoms with Gasteiger partial charge in [-0.25, -0.2) is 0 Å². The Balaban J connectivity index is 2.31. The number of aromatic nitrogens is 1. The number of hydrogen-bond donors (Lipinski definition) is 1. The van der Waals surface area contributed by atoms with Gasteiger partial charge in [-0.1, -0.05) is 81.4 Å². The van der Waals surface area contributed by atoms with Gasteiger partial charge in [0.25, 0.3) is 0 Å². The van der Waals surface area contributed by atoms with Crippen molar-refractivity contribution in [3.63, 3.8) is 0 Å². The smallest absolute Gasteiger partial charge is 0.303 e. The standard InChI is InChI=1S/C25H29NO2/c1-18-23(19-11-7-5-8-12-19)24(20-13-9-6-10-14-20)21(15-16-22(27)28)26(18)17-25(2,3)4/h5-14H,15-17H2,1-4H3,(H,27,28). The summed E-state index contributed by atoms with van der Waals surface area (Å²) in [6, 6.07) is 20.8. The second kappa shape index (κ2) is 8.05. The highest BCUT2D eigenvalue weighted by Gasteiger charge is 2.25. The van der Waals surface area contributed by atoms with Crippen molar-refractivity contribution in [3.05, 3.63) is 72.1 Å². The molecule has 0 unspecified atom stereocenters. The first kappa shape index (κ1) is 19.9. The molecule has 0 saturated heterocycles. The van der Waals surface area contributed by atoms with E-state index in [1.807, 2.05) is 24.3 Å². The molecule has 3 aromatic rings. The van der Waals surface area contributed by atoms with E-state index < -0.39 is 5.97 Å². The van der Waals surface area contributed by atoms with Gasteiger partial charge in [-0.05, 0) is 29.9 Å². The molecule has 0 bridgehead atoms. The summed E-state index contributed by atoms with van der Waals surface area (Å²) in [5.41, 5.74) is 7.07. The zero-order chi connectivity index (χ0) is 20.3. The lowest BCUT2D eigenvalue weighted by Crippen LogP contribution is -2.19. The molecule has 1 aromatic heterocycles. The Kier molecular flexibility index (Phi) is 5.73. The van der Waals surface area contributed by atoms with Gasteiger partial charge >= 0.3 is 5.97 Å². The van der Waals surface area contributed by atoms with Crippen LogP contribution in [-0.2, 0) is 17.8 Å². The van der Waals surface area contributed by atoms with E-state index in [2.05, 4.69) is 68.7 Å². The zero-order valence-corrected chi connectivity index (χ0v) is 17.2. The summed E-state index contributed by atoms with van der Waals surface area (Å²) in [6.07, 6.45) is 0.644. The van der Waals surface area contributed by atoms with E-state index in [0.29, 0.717) is 6.42 Å². The quantitative estimate of drug-likeness (QED) is 0.558. The van der Waals surface area contributed by atoms with E-state index in [1.165, 1.54) is 16.8 Å². The minimum absolute atomic E-state index is 0.0870. The average Bonchev–Trinajstić information content (AvgIpc) is 2.92. The highest BCUT2D eigenvalue weighted by molar-refractivity contribution is 5.88. The maximum Gasteiger partial charge on any atom is 0.303 e. The van der Waals surface area contributed by atoms with Crippen LogP contribution in [0.4, 0.5) is 0 Å². The van der Waals surface area contributed by atoms with Crippen molar-refractivity contribution in [2.75, 3.05) is 0 Å². The third kappa shape index (κ3) is 4.36. The van der Waals surface area contributed by atoms with Crippen LogP contribution in [-0.4, -0.2) is 15.6 Å². The lowest BCUT2D eigenvalue weighted by atomic mass is 9.94. The average molecular weight is 376 g/mol. The number of hydrogen-bond acceptors (Lipinski definition) is 1. The van der Waals surface area contributed by atoms with Crippen molar-refractivity contribution < 1.29 is 9.90 Å². The van der Waals surface area contributed by atoms with Crippen LogP contribution in [0.2, 0.25) is 0 Å². The molecule has 0 amide bonds. The number of carbonyl (C=O) groups is 1. The fourth-order valence-corrected chi connectivity index (χ4v) is 3.85. The molecule has 0 radical (unpaired) electrons. The largest absolute Gasteiger partial charge is 0.481 e. The minimum Gasteiger partial charge on any atom is -0.481 e. The van der Waals surface area contributed by atoms with E-state index in [0.717, 1.165) is 23.4 Å². The van der Waals surface area contributed by atoms with Crippen LogP contribution >= 0.6 is 0 Å². The highest BCUT2D eigenvalue weighted by Crippen LogP contribution is 2.41. The van der Waals surface area contributed by atoms with Gasteiger partial charge in [0.15, 0.2) is 0 Å². The van der Waals surface area contributed by atoms with Crippen molar-refractivity contribution in [1.29, 1.82) is 0 Å². The molecule has 28 heavy (non-hydrogen) atoms. The van der Waals surface area contributed by atoms with Crippen LogP contribution in [0.5, 0.6) is 0 Å². The monoisotopic (exact) mass is 375 g/mol. The van der Waals surface area contributed by atoms with E-state index in [-0.39, 0.29) is 11.8 Å². The Morgan fingerprint density at radius 1 is 0.893 bits per heavy atom. The van der Waals surface area contributed by atoms with E-state index in [4.69, 9.17) is 0 Å². The maximum absolute atomic E-state index is 11.4. The van der Waals surface area contributed by atoms with Crippen LogP contribution in [0.15, 0.2) is 60.7 Å². The Morgan fingerprint density at radius 3 is 1.86 bits per heavy atom. The Hall–Kier alpha value is -2.81. The highest BCUT2D eigenvalue weighted by atomic mass is 16.4. The van der Waals surface area contributed by atoms with Gasteiger partial charge in [0, 0.05) is 29.1 Å². The van der Waals surface area contributed by atoms with Gasteiger partial charge in [-0.2, -0.15) is 0 Å². The molecule has 0 aliphatic carbocycles. The second-order valence-corrected chi connectivity index (χ2v) is 8.55. The lowest BCUT2D eigenvalue weighted by molar-refractivity contribution is -0.136. The van der Waals surface area contributed by atoms with Crippen LogP contribution in [0, 0.1) is 12.3 Å². The minimum atomic E-state index is -0.763. The fraction of sp³-hybridized carbons (Fsp3) is 0.320. The molecular weight excluding hydrogens is 346 g/mol. The zero-order valence-electron chi connectivity index (χ0n) is 17.2. The summed E-state index contributed by atoms with van der Waals surface area (Å²) in [7, 11) is 0. The summed E-state index contributed by atoms with van der Waals surface area (Å²) in [6.45, 7) is 9.67. The number of rotatable bonds is 6. The van der Waals surface area contributed by atoms with Crippen LogP contribution in [0.25, 0.3) is 22.3 Å². The van der Waals surface area contributed by atoms with Crippen LogP contribution < -0.4 is 0 Å². The molecule has 0 spiro atoms. The number of nitrogens with zero attached hydrogens (tertiary/aromatic N) is 1. The molecule has 0 fully saturated rings. The molecule has 0 saturated carbocycles. The van der Waals surface area contributed by atoms with Crippen molar-refractivity contribution in [3.8, 4) is 22.3 Å². The topological polar surface area (TPSA) is 42.2 Å². The van der Waals surface area contributed by atoms with E-state index in [1.54, 1.807) is 0 Å². The summed E-state index contributed by atoms with van der Waals surface area (Å²) in [5, 5.41) is 9.34. The third-order valence-corrected chi connectivity index (χ3v) is 4.96. The molecule has 0 aliphatic heterocycles. The first-order valence-electron chi connectivity index (χ1n) is 9.82. The molecule has 0 aliphatic rings. The Labute approximate surface area is 167 Å². The van der Waals surface area contributed by atoms with Crippen molar-refractivity contribution in [1.82, 2.24) is 4.57 Å². The summed E-state index contributed by atoms with van der Waals surface area (Å²) in [5.74, 6) is -0.763. The summed E-state index contributed by atoms with van der Waals surface area (Å²) < 4.78 is 2.34. The van der Waals surface area contributed by atoms with Gasteiger partial charge in [-0.15, -0.1) is 0 Å². The van der Waals surface area contributed by atoms with Gasteiger partial charge in [-0.3, -0.25) is 4.79 Å². The Bertz CT molecular complexity index is 948. The van der Waals surface area contributed by atoms with Crippen molar-refractivity contribution in [2.45, 2.75) is 47.1 Å². The molecule has 146 valence electrons. The summed E-state index contributed by atoms with van der Waals surface area (Å²) >= 11 is 0. The number of carboxylic acid groups (broad SMARTS) is 1. The molecule has 1 N–H and O–H groups in total. The first-order chi connectivity index (χ1) is 13.3. The molecule has 3 nitrogen and oxygen atoms in total. The maximum atomic E-state index is 11.4. The van der Waals surface area contributed by atoms with Gasteiger partial charge in [0.2, 0.25) is 0 Å². The first-order valence-corrected chi connectivity index (χ1v) is 9.82.